The minimum Gasteiger partial charge on any atom is -0.477 e. The first-order chi connectivity index (χ1) is 12.9. The van der Waals surface area contributed by atoms with Gasteiger partial charge in [-0.05, 0) is 36.4 Å². The molecule has 2 aromatic carbocycles. The van der Waals surface area contributed by atoms with Gasteiger partial charge in [-0.25, -0.2) is 4.79 Å². The van der Waals surface area contributed by atoms with Gasteiger partial charge in [0.05, 0.1) is 11.0 Å². The van der Waals surface area contributed by atoms with Crippen molar-refractivity contribution in [3.63, 3.8) is 0 Å². The number of rotatable bonds is 4. The van der Waals surface area contributed by atoms with Crippen LogP contribution in [0, 0.1) is 0 Å². The van der Waals surface area contributed by atoms with E-state index in [2.05, 4.69) is 15.3 Å². The molecule has 2 heterocycles. The van der Waals surface area contributed by atoms with E-state index in [-0.39, 0.29) is 11.1 Å². The van der Waals surface area contributed by atoms with E-state index in [1.807, 2.05) is 43.3 Å². The van der Waals surface area contributed by atoms with Gasteiger partial charge in [-0.2, -0.15) is 0 Å². The fourth-order valence-corrected chi connectivity index (χ4v) is 3.14. The van der Waals surface area contributed by atoms with Crippen molar-refractivity contribution in [3.8, 4) is 0 Å². The van der Waals surface area contributed by atoms with Gasteiger partial charge in [-0.15, -0.1) is 0 Å². The Hall–Kier alpha value is -3.74. The second-order valence-electron chi connectivity index (χ2n) is 6.55. The topological polar surface area (TPSA) is 101 Å². The summed E-state index contributed by atoms with van der Waals surface area (Å²) in [6, 6.07) is 14.0. The molecular formula is C20H18N4O3. The summed E-state index contributed by atoms with van der Waals surface area (Å²) in [5.41, 5.74) is 3.14. The van der Waals surface area contributed by atoms with Crippen molar-refractivity contribution in [3.05, 3.63) is 64.4 Å². The standard InChI is InChI=1S/C20H18N4O3/c1-24(2)12-5-3-4-11(8-12)21-19-18-15(10-17(23-19)20(26)27)14-7-6-13(25)9-16(14)22-18/h3-10,21-23H,1-2H3,(H,26,27). The van der Waals surface area contributed by atoms with Gasteiger partial charge in [-0.1, -0.05) is 6.07 Å². The van der Waals surface area contributed by atoms with Crippen molar-refractivity contribution >= 4 is 45.0 Å². The van der Waals surface area contributed by atoms with Crippen LogP contribution < -0.4 is 15.6 Å². The first-order valence-electron chi connectivity index (χ1n) is 8.39. The third-order valence-corrected chi connectivity index (χ3v) is 4.47. The van der Waals surface area contributed by atoms with E-state index in [0.717, 1.165) is 22.1 Å². The second-order valence-corrected chi connectivity index (χ2v) is 6.55. The van der Waals surface area contributed by atoms with Crippen LogP contribution in [-0.4, -0.2) is 35.1 Å². The Morgan fingerprint density at radius 1 is 1.04 bits per heavy atom. The zero-order chi connectivity index (χ0) is 19.1. The van der Waals surface area contributed by atoms with Crippen LogP contribution in [0.5, 0.6) is 0 Å². The lowest BCUT2D eigenvalue weighted by molar-refractivity contribution is 0.0691. The van der Waals surface area contributed by atoms with Crippen molar-refractivity contribution in [1.82, 2.24) is 9.97 Å². The number of carboxylic acid groups (broad SMARTS) is 1. The molecule has 0 saturated heterocycles. The zero-order valence-corrected chi connectivity index (χ0v) is 14.8. The third-order valence-electron chi connectivity index (χ3n) is 4.47. The maximum Gasteiger partial charge on any atom is 0.352 e. The minimum absolute atomic E-state index is 0.0564. The van der Waals surface area contributed by atoms with E-state index in [1.54, 1.807) is 12.1 Å². The monoisotopic (exact) mass is 362 g/mol. The normalized spacial score (nSPS) is 11.0. The fraction of sp³-hybridized carbons (Fsp3) is 0.100. The maximum atomic E-state index is 11.7. The smallest absolute Gasteiger partial charge is 0.352 e. The van der Waals surface area contributed by atoms with Gasteiger partial charge in [0.15, 0.2) is 5.43 Å². The van der Waals surface area contributed by atoms with Crippen LogP contribution in [0.1, 0.15) is 10.5 Å². The van der Waals surface area contributed by atoms with E-state index in [4.69, 9.17) is 0 Å². The number of nitrogens with one attached hydrogen (secondary N) is 3. The summed E-state index contributed by atoms with van der Waals surface area (Å²) in [6.45, 7) is 0. The SMILES string of the molecule is CN(C)c1cccc(Nc2[nH]c(C(=O)O)cc3c2[nH]c2cc(=O)ccc23)c1. The summed E-state index contributed by atoms with van der Waals surface area (Å²) in [4.78, 5) is 31.4. The molecule has 0 aliphatic carbocycles. The fourth-order valence-electron chi connectivity index (χ4n) is 3.14. The van der Waals surface area contributed by atoms with Gasteiger partial charge >= 0.3 is 5.97 Å². The van der Waals surface area contributed by atoms with Crippen LogP contribution >= 0.6 is 0 Å². The van der Waals surface area contributed by atoms with Crippen molar-refractivity contribution in [2.75, 3.05) is 24.3 Å². The van der Waals surface area contributed by atoms with Crippen molar-refractivity contribution in [2.24, 2.45) is 0 Å². The number of aromatic amines is 2. The molecule has 4 N–H and O–H groups in total. The van der Waals surface area contributed by atoms with Crippen LogP contribution in [0.25, 0.3) is 21.8 Å². The predicted molar refractivity (Wildman–Crippen MR) is 107 cm³/mol. The molecule has 2 aromatic heterocycles. The molecule has 4 aromatic rings. The van der Waals surface area contributed by atoms with Crippen LogP contribution in [0.3, 0.4) is 0 Å². The number of hydrogen-bond donors (Lipinski definition) is 4. The van der Waals surface area contributed by atoms with E-state index in [9.17, 15) is 14.7 Å². The molecule has 0 radical (unpaired) electrons. The molecule has 0 spiro atoms. The Bertz CT molecular complexity index is 1240. The minimum atomic E-state index is -1.06. The zero-order valence-electron chi connectivity index (χ0n) is 14.8. The van der Waals surface area contributed by atoms with Gasteiger partial charge in [-0.3, -0.25) is 4.79 Å². The summed E-state index contributed by atoms with van der Waals surface area (Å²) in [5.74, 6) is -0.541. The highest BCUT2D eigenvalue weighted by molar-refractivity contribution is 6.12. The van der Waals surface area contributed by atoms with Gasteiger partial charge in [0, 0.05) is 42.3 Å². The number of hydrogen-bond acceptors (Lipinski definition) is 4. The highest BCUT2D eigenvalue weighted by Crippen LogP contribution is 2.31. The summed E-state index contributed by atoms with van der Waals surface area (Å²) in [6.07, 6.45) is 0. The highest BCUT2D eigenvalue weighted by atomic mass is 16.4. The number of H-pyrrole nitrogens is 2. The van der Waals surface area contributed by atoms with Gasteiger partial charge in [0.2, 0.25) is 0 Å². The van der Waals surface area contributed by atoms with Crippen molar-refractivity contribution in [2.45, 2.75) is 0 Å². The Morgan fingerprint density at radius 2 is 1.85 bits per heavy atom. The average Bonchev–Trinajstić information content (AvgIpc) is 2.99. The first-order valence-corrected chi connectivity index (χ1v) is 8.39. The maximum absolute atomic E-state index is 11.7. The van der Waals surface area contributed by atoms with Crippen LogP contribution in [0.4, 0.5) is 17.2 Å². The largest absolute Gasteiger partial charge is 0.477 e. The molecule has 0 bridgehead atoms. The van der Waals surface area contributed by atoms with Gasteiger partial charge < -0.3 is 25.3 Å². The molecule has 7 nitrogen and oxygen atoms in total. The summed E-state index contributed by atoms with van der Waals surface area (Å²) in [5, 5.41) is 14.3. The molecule has 136 valence electrons. The number of fused-ring (bicyclic) bond motifs is 3. The molecule has 0 aliphatic rings. The molecule has 4 rings (SSSR count). The Morgan fingerprint density at radius 3 is 2.59 bits per heavy atom. The molecule has 7 heteroatoms. The lowest BCUT2D eigenvalue weighted by Gasteiger charge is -2.15. The molecule has 0 aliphatic heterocycles. The van der Waals surface area contributed by atoms with Crippen molar-refractivity contribution in [1.29, 1.82) is 0 Å². The van der Waals surface area contributed by atoms with E-state index >= 15 is 0 Å². The lowest BCUT2D eigenvalue weighted by Crippen LogP contribution is -2.09. The lowest BCUT2D eigenvalue weighted by atomic mass is 10.1. The summed E-state index contributed by atoms with van der Waals surface area (Å²) >= 11 is 0. The van der Waals surface area contributed by atoms with Crippen LogP contribution in [0.2, 0.25) is 0 Å². The van der Waals surface area contributed by atoms with E-state index in [0.29, 0.717) is 16.9 Å². The number of pyridine rings is 1. The number of carbonyl (C=O) groups is 1. The Labute approximate surface area is 154 Å². The van der Waals surface area contributed by atoms with Crippen LogP contribution in [0.15, 0.2) is 53.3 Å². The molecule has 27 heavy (non-hydrogen) atoms. The van der Waals surface area contributed by atoms with Gasteiger partial charge in [0.1, 0.15) is 11.5 Å². The Kier molecular flexibility index (Phi) is 3.84. The molecule has 0 atom stereocenters. The summed E-state index contributed by atoms with van der Waals surface area (Å²) in [7, 11) is 3.90. The first kappa shape index (κ1) is 16.7. The number of benzene rings is 2. The molecule has 0 fully saturated rings. The number of aromatic carboxylic acids is 1. The summed E-state index contributed by atoms with van der Waals surface area (Å²) < 4.78 is 0. The third kappa shape index (κ3) is 2.99. The van der Waals surface area contributed by atoms with Crippen molar-refractivity contribution < 1.29 is 9.90 Å². The quantitative estimate of drug-likeness (QED) is 0.445. The number of carboxylic acids is 1. The number of anilines is 3. The van der Waals surface area contributed by atoms with Crippen LogP contribution in [-0.2, 0) is 0 Å². The highest BCUT2D eigenvalue weighted by Gasteiger charge is 2.14. The molecular weight excluding hydrogens is 344 g/mol. The average molecular weight is 362 g/mol. The predicted octanol–water partition coefficient (Wildman–Crippen LogP) is 3.52. The number of nitrogens with zero attached hydrogens (tertiary/aromatic N) is 1. The second kappa shape index (κ2) is 6.21. The van der Waals surface area contributed by atoms with E-state index < -0.39 is 5.97 Å². The Balaban J connectivity index is 1.93. The molecule has 0 amide bonds. The molecule has 0 unspecified atom stereocenters. The number of aromatic nitrogens is 2. The molecule has 0 saturated carbocycles. The van der Waals surface area contributed by atoms with Gasteiger partial charge in [0.25, 0.3) is 0 Å². The van der Waals surface area contributed by atoms with E-state index in [1.165, 1.54) is 12.1 Å².